The number of carbonyl (C=O) groups excluding carboxylic acids is 1. The standard InChI is InChI=1S/C18H20N4O3/c1-5-12-6-8-13(9-7-12)15(23)11(2)22-10-19-16-14(22)17(24)21(4)18(25)20(16)3/h6-11H,5H2,1-4H3/t11-/m1/s1. The molecule has 0 unspecified atom stereocenters. The molecule has 7 heteroatoms. The summed E-state index contributed by atoms with van der Waals surface area (Å²) in [7, 11) is 2.97. The van der Waals surface area contributed by atoms with Gasteiger partial charge in [0, 0.05) is 19.7 Å². The molecule has 25 heavy (non-hydrogen) atoms. The number of Topliss-reactive ketones (excluding diaryl/α,β-unsaturated/α-hetero) is 1. The summed E-state index contributed by atoms with van der Waals surface area (Å²) in [6, 6.07) is 6.83. The number of ketones is 1. The molecule has 0 N–H and O–H groups in total. The predicted octanol–water partition coefficient (Wildman–Crippen LogP) is 1.44. The van der Waals surface area contributed by atoms with E-state index in [-0.39, 0.29) is 16.9 Å². The fourth-order valence-electron chi connectivity index (χ4n) is 2.93. The van der Waals surface area contributed by atoms with Crippen LogP contribution in [0.1, 0.15) is 35.8 Å². The van der Waals surface area contributed by atoms with E-state index in [1.165, 1.54) is 22.5 Å². The molecule has 3 rings (SSSR count). The van der Waals surface area contributed by atoms with E-state index in [4.69, 9.17) is 0 Å². The zero-order chi connectivity index (χ0) is 18.3. The van der Waals surface area contributed by atoms with Gasteiger partial charge in [-0.1, -0.05) is 31.2 Å². The van der Waals surface area contributed by atoms with Crippen LogP contribution in [0.4, 0.5) is 0 Å². The average molecular weight is 340 g/mol. The van der Waals surface area contributed by atoms with Gasteiger partial charge in [0.1, 0.15) is 0 Å². The highest BCUT2D eigenvalue weighted by Crippen LogP contribution is 2.18. The molecule has 0 spiro atoms. The van der Waals surface area contributed by atoms with Crippen molar-refractivity contribution in [3.8, 4) is 0 Å². The Morgan fingerprint density at radius 2 is 1.76 bits per heavy atom. The molecule has 0 bridgehead atoms. The van der Waals surface area contributed by atoms with Gasteiger partial charge in [-0.15, -0.1) is 0 Å². The predicted molar refractivity (Wildman–Crippen MR) is 95.1 cm³/mol. The molecule has 0 saturated heterocycles. The monoisotopic (exact) mass is 340 g/mol. The molecule has 0 aliphatic rings. The summed E-state index contributed by atoms with van der Waals surface area (Å²) in [5, 5.41) is 0. The molecule has 3 aromatic rings. The van der Waals surface area contributed by atoms with Crippen molar-refractivity contribution >= 4 is 16.9 Å². The van der Waals surface area contributed by atoms with E-state index in [1.807, 2.05) is 12.1 Å². The molecule has 1 aromatic carbocycles. The zero-order valence-corrected chi connectivity index (χ0v) is 14.7. The molecule has 130 valence electrons. The van der Waals surface area contributed by atoms with E-state index >= 15 is 0 Å². The Kier molecular flexibility index (Phi) is 4.16. The van der Waals surface area contributed by atoms with Crippen molar-refractivity contribution < 1.29 is 4.79 Å². The SMILES string of the molecule is CCc1ccc(C(=O)[C@@H](C)n2cnc3c2c(=O)n(C)c(=O)n3C)cc1. The van der Waals surface area contributed by atoms with E-state index < -0.39 is 17.3 Å². The fraction of sp³-hybridized carbons (Fsp3) is 0.333. The van der Waals surface area contributed by atoms with Gasteiger partial charge < -0.3 is 4.57 Å². The second-order valence-electron chi connectivity index (χ2n) is 6.12. The smallest absolute Gasteiger partial charge is 0.314 e. The summed E-state index contributed by atoms with van der Waals surface area (Å²) in [5.41, 5.74) is 1.34. The van der Waals surface area contributed by atoms with Crippen molar-refractivity contribution in [1.29, 1.82) is 0 Å². The first-order valence-corrected chi connectivity index (χ1v) is 8.12. The Morgan fingerprint density at radius 3 is 2.36 bits per heavy atom. The van der Waals surface area contributed by atoms with Crippen LogP contribution in [0, 0.1) is 0 Å². The van der Waals surface area contributed by atoms with E-state index in [2.05, 4.69) is 11.9 Å². The van der Waals surface area contributed by atoms with Crippen LogP contribution >= 0.6 is 0 Å². The number of nitrogens with zero attached hydrogens (tertiary/aromatic N) is 4. The van der Waals surface area contributed by atoms with Crippen molar-refractivity contribution in [2.45, 2.75) is 26.3 Å². The van der Waals surface area contributed by atoms with Crippen LogP contribution in [0.25, 0.3) is 11.2 Å². The number of hydrogen-bond acceptors (Lipinski definition) is 4. The normalized spacial score (nSPS) is 12.5. The first kappa shape index (κ1) is 16.9. The van der Waals surface area contributed by atoms with Gasteiger partial charge in [-0.3, -0.25) is 18.7 Å². The van der Waals surface area contributed by atoms with Crippen molar-refractivity contribution in [3.05, 3.63) is 62.6 Å². The maximum Gasteiger partial charge on any atom is 0.332 e. The van der Waals surface area contributed by atoms with Crippen LogP contribution < -0.4 is 11.2 Å². The number of rotatable bonds is 4. The van der Waals surface area contributed by atoms with Crippen LogP contribution in [0.15, 0.2) is 40.2 Å². The molecule has 0 saturated carbocycles. The van der Waals surface area contributed by atoms with Gasteiger partial charge in [0.2, 0.25) is 0 Å². The third-order valence-electron chi connectivity index (χ3n) is 4.62. The summed E-state index contributed by atoms with van der Waals surface area (Å²) in [6.07, 6.45) is 2.34. The molecule has 7 nitrogen and oxygen atoms in total. The lowest BCUT2D eigenvalue weighted by Gasteiger charge is -2.14. The number of carbonyl (C=O) groups is 1. The Hall–Kier alpha value is -2.96. The molecule has 2 aromatic heterocycles. The number of benzene rings is 1. The summed E-state index contributed by atoms with van der Waals surface area (Å²) < 4.78 is 3.86. The van der Waals surface area contributed by atoms with Crippen LogP contribution in [0.3, 0.4) is 0 Å². The second-order valence-corrected chi connectivity index (χ2v) is 6.12. The number of aryl methyl sites for hydroxylation is 2. The summed E-state index contributed by atoms with van der Waals surface area (Å²) in [5.74, 6) is -0.113. The van der Waals surface area contributed by atoms with Gasteiger partial charge in [-0.05, 0) is 18.9 Å². The first-order chi connectivity index (χ1) is 11.9. The molecule has 0 fully saturated rings. The first-order valence-electron chi connectivity index (χ1n) is 8.12. The molecule has 0 aliphatic carbocycles. The van der Waals surface area contributed by atoms with Crippen LogP contribution in [-0.2, 0) is 20.5 Å². The molecular formula is C18H20N4O3. The molecule has 0 amide bonds. The number of imidazole rings is 1. The van der Waals surface area contributed by atoms with E-state index in [0.29, 0.717) is 5.56 Å². The van der Waals surface area contributed by atoms with Crippen LogP contribution in [0.2, 0.25) is 0 Å². The summed E-state index contributed by atoms with van der Waals surface area (Å²) in [4.78, 5) is 41.5. The second kappa shape index (κ2) is 6.16. The summed E-state index contributed by atoms with van der Waals surface area (Å²) in [6.45, 7) is 3.78. The van der Waals surface area contributed by atoms with Gasteiger partial charge >= 0.3 is 5.69 Å². The van der Waals surface area contributed by atoms with Crippen molar-refractivity contribution in [1.82, 2.24) is 18.7 Å². The zero-order valence-electron chi connectivity index (χ0n) is 14.7. The van der Waals surface area contributed by atoms with E-state index in [9.17, 15) is 14.4 Å². The van der Waals surface area contributed by atoms with Gasteiger partial charge in [-0.2, -0.15) is 0 Å². The van der Waals surface area contributed by atoms with Crippen molar-refractivity contribution in [2.75, 3.05) is 0 Å². The van der Waals surface area contributed by atoms with Crippen LogP contribution in [-0.4, -0.2) is 24.5 Å². The Labute approximate surface area is 144 Å². The number of hydrogen-bond donors (Lipinski definition) is 0. The fourth-order valence-corrected chi connectivity index (χ4v) is 2.93. The quantitative estimate of drug-likeness (QED) is 0.673. The highest BCUT2D eigenvalue weighted by molar-refractivity contribution is 5.99. The lowest BCUT2D eigenvalue weighted by Crippen LogP contribution is -2.38. The lowest BCUT2D eigenvalue weighted by atomic mass is 10.0. The number of aromatic nitrogens is 4. The van der Waals surface area contributed by atoms with Crippen molar-refractivity contribution in [2.24, 2.45) is 14.1 Å². The average Bonchev–Trinajstić information content (AvgIpc) is 3.08. The van der Waals surface area contributed by atoms with E-state index in [0.717, 1.165) is 16.6 Å². The minimum absolute atomic E-state index is 0.113. The number of fused-ring (bicyclic) bond motifs is 1. The molecule has 2 heterocycles. The molecule has 0 aliphatic heterocycles. The largest absolute Gasteiger partial charge is 0.332 e. The van der Waals surface area contributed by atoms with Gasteiger partial charge in [0.25, 0.3) is 5.56 Å². The third-order valence-corrected chi connectivity index (χ3v) is 4.62. The highest BCUT2D eigenvalue weighted by atomic mass is 16.2. The van der Waals surface area contributed by atoms with Gasteiger partial charge in [-0.25, -0.2) is 9.78 Å². The lowest BCUT2D eigenvalue weighted by molar-refractivity contribution is 0.0936. The third kappa shape index (κ3) is 2.61. The van der Waals surface area contributed by atoms with Crippen LogP contribution in [0.5, 0.6) is 0 Å². The maximum absolute atomic E-state index is 12.8. The Morgan fingerprint density at radius 1 is 1.12 bits per heavy atom. The van der Waals surface area contributed by atoms with Crippen molar-refractivity contribution in [3.63, 3.8) is 0 Å². The Balaban J connectivity index is 2.11. The minimum Gasteiger partial charge on any atom is -0.314 e. The molecule has 1 atom stereocenters. The molecule has 0 radical (unpaired) electrons. The van der Waals surface area contributed by atoms with E-state index in [1.54, 1.807) is 26.1 Å². The maximum atomic E-state index is 12.8. The topological polar surface area (TPSA) is 78.9 Å². The summed E-state index contributed by atoms with van der Waals surface area (Å²) >= 11 is 0. The van der Waals surface area contributed by atoms with Gasteiger partial charge in [0.05, 0.1) is 12.4 Å². The minimum atomic E-state index is -0.609. The molecular weight excluding hydrogens is 320 g/mol. The Bertz CT molecular complexity index is 1070. The van der Waals surface area contributed by atoms with Gasteiger partial charge in [0.15, 0.2) is 16.9 Å². The highest BCUT2D eigenvalue weighted by Gasteiger charge is 2.22.